The monoisotopic (exact) mass is 288 g/mol. The van der Waals surface area contributed by atoms with Crippen LogP contribution in [0.15, 0.2) is 0 Å². The molecule has 19 heavy (non-hydrogen) atoms. The molecule has 1 saturated heterocycles. The third-order valence-electron chi connectivity index (χ3n) is 4.40. The van der Waals surface area contributed by atoms with Gasteiger partial charge in [0, 0.05) is 11.8 Å². The van der Waals surface area contributed by atoms with Crippen molar-refractivity contribution in [3.8, 4) is 0 Å². The summed E-state index contributed by atoms with van der Waals surface area (Å²) in [5.74, 6) is -2.97. The molecule has 1 aliphatic heterocycles. The van der Waals surface area contributed by atoms with Crippen LogP contribution in [0.5, 0.6) is 0 Å². The maximum absolute atomic E-state index is 11.8. The molecule has 6 atom stereocenters. The third kappa shape index (κ3) is 1.65. The highest BCUT2D eigenvalue weighted by molar-refractivity contribution is 6.26. The van der Waals surface area contributed by atoms with Gasteiger partial charge in [-0.2, -0.15) is 0 Å². The zero-order chi connectivity index (χ0) is 13.7. The summed E-state index contributed by atoms with van der Waals surface area (Å²) in [4.78, 5) is 35.0. The lowest BCUT2D eigenvalue weighted by Gasteiger charge is -2.29. The van der Waals surface area contributed by atoms with E-state index in [2.05, 4.69) is 0 Å². The molecule has 0 aromatic carbocycles. The molecule has 2 bridgehead atoms. The van der Waals surface area contributed by atoms with Gasteiger partial charge in [0.2, 0.25) is 0 Å². The summed E-state index contributed by atoms with van der Waals surface area (Å²) in [6.45, 7) is 0. The fourth-order valence-corrected chi connectivity index (χ4v) is 3.85. The van der Waals surface area contributed by atoms with Crippen molar-refractivity contribution >= 4 is 29.5 Å². The Morgan fingerprint density at radius 3 is 2.79 bits per heavy atom. The van der Waals surface area contributed by atoms with Crippen LogP contribution >= 0.6 is 11.6 Å². The van der Waals surface area contributed by atoms with Gasteiger partial charge in [-0.25, -0.2) is 0 Å². The van der Waals surface area contributed by atoms with E-state index in [-0.39, 0.29) is 17.7 Å². The number of methoxy groups -OCH3 is 1. The van der Waals surface area contributed by atoms with E-state index in [1.807, 2.05) is 0 Å². The van der Waals surface area contributed by atoms with Crippen LogP contribution in [0.4, 0.5) is 0 Å². The molecule has 3 aliphatic rings. The average Bonchev–Trinajstić information content (AvgIpc) is 3.00. The second-order valence-corrected chi connectivity index (χ2v) is 5.40. The largest absolute Gasteiger partial charge is 0.469 e. The van der Waals surface area contributed by atoms with Crippen molar-refractivity contribution in [2.45, 2.75) is 18.6 Å². The minimum absolute atomic E-state index is 0.0604. The number of halogens is 1. The normalized spacial score (nSPS) is 42.1. The average molecular weight is 289 g/mol. The van der Waals surface area contributed by atoms with E-state index in [0.29, 0.717) is 6.42 Å². The number of hydrogen-bond acceptors (Lipinski definition) is 6. The van der Waals surface area contributed by atoms with Crippen molar-refractivity contribution in [1.82, 2.24) is 0 Å². The summed E-state index contributed by atoms with van der Waals surface area (Å²) in [5, 5.41) is 0. The number of rotatable bonds is 3. The maximum atomic E-state index is 11.8. The van der Waals surface area contributed by atoms with Gasteiger partial charge in [0.25, 0.3) is 0 Å². The lowest BCUT2D eigenvalue weighted by Crippen LogP contribution is -2.43. The molecule has 7 heteroatoms. The first-order chi connectivity index (χ1) is 9.08. The van der Waals surface area contributed by atoms with E-state index in [9.17, 15) is 14.4 Å². The van der Waals surface area contributed by atoms with Crippen molar-refractivity contribution in [1.29, 1.82) is 0 Å². The molecule has 2 aliphatic carbocycles. The van der Waals surface area contributed by atoms with Crippen molar-refractivity contribution in [2.24, 2.45) is 23.7 Å². The first kappa shape index (κ1) is 12.7. The maximum Gasteiger partial charge on any atom is 0.321 e. The molecule has 6 unspecified atom stereocenters. The predicted molar refractivity (Wildman–Crippen MR) is 61.1 cm³/mol. The van der Waals surface area contributed by atoms with Gasteiger partial charge in [-0.15, -0.1) is 11.6 Å². The number of carbonyl (C=O) groups is 3. The third-order valence-corrected chi connectivity index (χ3v) is 4.61. The van der Waals surface area contributed by atoms with Crippen LogP contribution in [0.3, 0.4) is 0 Å². The molecule has 0 amide bonds. The van der Waals surface area contributed by atoms with E-state index >= 15 is 0 Å². The molecule has 0 N–H and O–H groups in total. The first-order valence-corrected chi connectivity index (χ1v) is 6.65. The molecule has 2 saturated carbocycles. The zero-order valence-corrected chi connectivity index (χ0v) is 11.0. The molecule has 0 spiro atoms. The van der Waals surface area contributed by atoms with Gasteiger partial charge in [-0.1, -0.05) is 0 Å². The Hall–Kier alpha value is -1.30. The van der Waals surface area contributed by atoms with E-state index in [4.69, 9.17) is 25.8 Å². The molecular weight excluding hydrogens is 276 g/mol. The van der Waals surface area contributed by atoms with Crippen LogP contribution < -0.4 is 0 Å². The Kier molecular flexibility index (Phi) is 2.92. The second kappa shape index (κ2) is 4.37. The summed E-state index contributed by atoms with van der Waals surface area (Å²) in [6.07, 6.45) is -0.375. The SMILES string of the molecule is COC(=O)C1C2CC3C(OC(=O)C31)C2OC(=O)CCl. The van der Waals surface area contributed by atoms with Gasteiger partial charge in [-0.3, -0.25) is 14.4 Å². The number of hydrogen-bond donors (Lipinski definition) is 0. The molecular formula is C12H13ClO6. The summed E-state index contributed by atoms with van der Waals surface area (Å²) in [5.41, 5.74) is 0. The fraction of sp³-hybridized carbons (Fsp3) is 0.750. The molecule has 0 aromatic rings. The van der Waals surface area contributed by atoms with Crippen LogP contribution in [0.25, 0.3) is 0 Å². The number of fused-ring (bicyclic) bond motifs is 1. The molecule has 1 heterocycles. The Labute approximate surface area is 114 Å². The van der Waals surface area contributed by atoms with Crippen molar-refractivity contribution < 1.29 is 28.6 Å². The highest BCUT2D eigenvalue weighted by Crippen LogP contribution is 2.58. The standard InChI is InChI=1S/C12H13ClO6/c1-17-11(15)7-4-2-5-8(7)12(16)19-10(5)9(4)18-6(14)3-13/h4-5,7-10H,2-3H2,1H3. The van der Waals surface area contributed by atoms with Gasteiger partial charge < -0.3 is 14.2 Å². The summed E-state index contributed by atoms with van der Waals surface area (Å²) < 4.78 is 15.2. The quantitative estimate of drug-likeness (QED) is 0.417. The van der Waals surface area contributed by atoms with Crippen LogP contribution in [0.2, 0.25) is 0 Å². The van der Waals surface area contributed by atoms with E-state index < -0.39 is 42.0 Å². The second-order valence-electron chi connectivity index (χ2n) is 5.13. The molecule has 0 aromatic heterocycles. The topological polar surface area (TPSA) is 78.9 Å². The van der Waals surface area contributed by atoms with E-state index in [0.717, 1.165) is 0 Å². The number of carbonyl (C=O) groups excluding carboxylic acids is 3. The fourth-order valence-electron chi connectivity index (χ4n) is 3.79. The summed E-state index contributed by atoms with van der Waals surface area (Å²) in [7, 11) is 1.28. The lowest BCUT2D eigenvalue weighted by molar-refractivity contribution is -0.162. The molecule has 3 fully saturated rings. The number of alkyl halides is 1. The Morgan fingerprint density at radius 1 is 1.42 bits per heavy atom. The van der Waals surface area contributed by atoms with Gasteiger partial charge in [-0.05, 0) is 6.42 Å². The molecule has 104 valence electrons. The summed E-state index contributed by atoms with van der Waals surface area (Å²) in [6, 6.07) is 0. The van der Waals surface area contributed by atoms with E-state index in [1.54, 1.807) is 0 Å². The molecule has 3 rings (SSSR count). The van der Waals surface area contributed by atoms with Crippen LogP contribution in [0.1, 0.15) is 6.42 Å². The van der Waals surface area contributed by atoms with Crippen LogP contribution in [-0.4, -0.2) is 43.1 Å². The minimum Gasteiger partial charge on any atom is -0.469 e. The Bertz CT molecular complexity index is 450. The van der Waals surface area contributed by atoms with E-state index in [1.165, 1.54) is 7.11 Å². The van der Waals surface area contributed by atoms with Crippen molar-refractivity contribution in [2.75, 3.05) is 13.0 Å². The van der Waals surface area contributed by atoms with Crippen molar-refractivity contribution in [3.05, 3.63) is 0 Å². The Balaban J connectivity index is 1.88. The lowest BCUT2D eigenvalue weighted by atomic mass is 9.78. The highest BCUT2D eigenvalue weighted by atomic mass is 35.5. The van der Waals surface area contributed by atoms with Crippen LogP contribution in [0, 0.1) is 23.7 Å². The highest BCUT2D eigenvalue weighted by Gasteiger charge is 2.70. The molecule has 6 nitrogen and oxygen atoms in total. The van der Waals surface area contributed by atoms with Gasteiger partial charge in [0.1, 0.15) is 18.1 Å². The van der Waals surface area contributed by atoms with Gasteiger partial charge >= 0.3 is 17.9 Å². The zero-order valence-electron chi connectivity index (χ0n) is 10.2. The first-order valence-electron chi connectivity index (χ1n) is 6.12. The van der Waals surface area contributed by atoms with Gasteiger partial charge in [0.15, 0.2) is 0 Å². The smallest absolute Gasteiger partial charge is 0.321 e. The number of esters is 3. The predicted octanol–water partition coefficient (Wildman–Crippen LogP) is 0.117. The van der Waals surface area contributed by atoms with Crippen LogP contribution in [-0.2, 0) is 28.6 Å². The van der Waals surface area contributed by atoms with Gasteiger partial charge in [0.05, 0.1) is 18.9 Å². The van der Waals surface area contributed by atoms with Crippen molar-refractivity contribution in [3.63, 3.8) is 0 Å². The molecule has 0 radical (unpaired) electrons. The summed E-state index contributed by atoms with van der Waals surface area (Å²) >= 11 is 5.41. The Morgan fingerprint density at radius 2 is 2.16 bits per heavy atom. The minimum atomic E-state index is -0.581. The number of ether oxygens (including phenoxy) is 3.